The summed E-state index contributed by atoms with van der Waals surface area (Å²) in [5, 5.41) is 3.09. The Kier molecular flexibility index (Phi) is 5.42. The predicted molar refractivity (Wildman–Crippen MR) is 90.1 cm³/mol. The molecule has 126 valence electrons. The number of anilines is 1. The first-order valence-electron chi connectivity index (χ1n) is 8.15. The molecule has 0 spiro atoms. The zero-order valence-corrected chi connectivity index (χ0v) is 14.5. The number of nitrogens with one attached hydrogen (secondary N) is 1. The van der Waals surface area contributed by atoms with Gasteiger partial charge in [-0.2, -0.15) is 0 Å². The zero-order valence-electron chi connectivity index (χ0n) is 14.5. The van der Waals surface area contributed by atoms with Crippen LogP contribution in [0.15, 0.2) is 18.2 Å². The fraction of sp³-hybridized carbons (Fsp3) is 0.556. The Labute approximate surface area is 138 Å². The van der Waals surface area contributed by atoms with Crippen LogP contribution in [-0.4, -0.2) is 49.6 Å². The molecule has 2 atom stereocenters. The van der Waals surface area contributed by atoms with Crippen LogP contribution in [0.5, 0.6) is 0 Å². The van der Waals surface area contributed by atoms with Crippen LogP contribution in [0.2, 0.25) is 0 Å². The lowest BCUT2D eigenvalue weighted by molar-refractivity contribution is -0.922. The summed E-state index contributed by atoms with van der Waals surface area (Å²) in [6.07, 6.45) is 2.84. The smallest absolute Gasteiger partial charge is 0.361 e. The van der Waals surface area contributed by atoms with E-state index in [0.29, 0.717) is 4.48 Å². The van der Waals surface area contributed by atoms with Gasteiger partial charge in [-0.3, -0.25) is 4.79 Å². The molecular weight excluding hydrogens is 292 g/mol. The Morgan fingerprint density at radius 3 is 2.52 bits per heavy atom. The number of para-hydroxylation sites is 1. The minimum atomic E-state index is -0.265. The Hall–Kier alpha value is -1.88. The van der Waals surface area contributed by atoms with E-state index in [4.69, 9.17) is 4.74 Å². The number of ether oxygens (including phenoxy) is 1. The Morgan fingerprint density at radius 2 is 1.91 bits per heavy atom. The van der Waals surface area contributed by atoms with Crippen LogP contribution in [0.1, 0.15) is 30.4 Å². The van der Waals surface area contributed by atoms with Crippen molar-refractivity contribution in [2.75, 3.05) is 32.6 Å². The molecule has 2 rings (SSSR count). The summed E-state index contributed by atoms with van der Waals surface area (Å²) in [5.74, 6) is -0.271. The molecule has 1 amide bonds. The maximum absolute atomic E-state index is 12.9. The van der Waals surface area contributed by atoms with E-state index in [-0.39, 0.29) is 24.5 Å². The molecule has 1 aromatic carbocycles. The lowest BCUT2D eigenvalue weighted by Crippen LogP contribution is -2.61. The van der Waals surface area contributed by atoms with E-state index in [1.165, 1.54) is 7.11 Å². The highest BCUT2D eigenvalue weighted by atomic mass is 16.5. The predicted octanol–water partition coefficient (Wildman–Crippen LogP) is 2.41. The number of methoxy groups -OCH3 is 1. The lowest BCUT2D eigenvalue weighted by Gasteiger charge is -2.42. The Balaban J connectivity index is 2.20. The number of rotatable bonds is 4. The number of quaternary nitrogens is 1. The number of amides is 1. The van der Waals surface area contributed by atoms with Gasteiger partial charge in [0, 0.05) is 12.1 Å². The molecule has 0 aliphatic carbocycles. The van der Waals surface area contributed by atoms with E-state index in [0.717, 1.165) is 42.6 Å². The number of hydrogen-bond acceptors (Lipinski definition) is 3. The van der Waals surface area contributed by atoms with Gasteiger partial charge in [0.15, 0.2) is 12.6 Å². The number of hydrogen-bond donors (Lipinski definition) is 1. The first-order chi connectivity index (χ1) is 10.9. The maximum atomic E-state index is 12.9. The SMILES string of the molecule is COC(=O)C[N@+]1(C)CCCCC1C(=O)Nc1c(C)cccc1C. The second kappa shape index (κ2) is 7.13. The molecule has 0 bridgehead atoms. The number of carbonyl (C=O) groups excluding carboxylic acids is 2. The molecule has 0 radical (unpaired) electrons. The van der Waals surface area contributed by atoms with E-state index in [1.54, 1.807) is 0 Å². The van der Waals surface area contributed by atoms with E-state index < -0.39 is 0 Å². The third-order valence-electron chi connectivity index (χ3n) is 4.90. The summed E-state index contributed by atoms with van der Waals surface area (Å²) in [7, 11) is 3.37. The molecule has 0 saturated carbocycles. The summed E-state index contributed by atoms with van der Waals surface area (Å²) in [6, 6.07) is 5.75. The van der Waals surface area contributed by atoms with Crippen LogP contribution >= 0.6 is 0 Å². The number of likely N-dealkylation sites (tertiary alicyclic amines) is 1. The molecule has 1 aliphatic heterocycles. The third kappa shape index (κ3) is 3.91. The second-order valence-corrected chi connectivity index (χ2v) is 6.70. The summed E-state index contributed by atoms with van der Waals surface area (Å²) in [6.45, 7) is 5.04. The monoisotopic (exact) mass is 319 g/mol. The van der Waals surface area contributed by atoms with Gasteiger partial charge in [0.2, 0.25) is 0 Å². The molecule has 23 heavy (non-hydrogen) atoms. The third-order valence-corrected chi connectivity index (χ3v) is 4.90. The van der Waals surface area contributed by atoms with Gasteiger partial charge in [0.25, 0.3) is 5.91 Å². The van der Waals surface area contributed by atoms with Gasteiger partial charge in [0.05, 0.1) is 20.7 Å². The Bertz CT molecular complexity index is 580. The zero-order chi connectivity index (χ0) is 17.0. The van der Waals surface area contributed by atoms with Crippen molar-refractivity contribution in [3.63, 3.8) is 0 Å². The molecule has 1 aromatic rings. The molecule has 5 heteroatoms. The summed E-state index contributed by atoms with van der Waals surface area (Å²) < 4.78 is 5.24. The average molecular weight is 319 g/mol. The number of nitrogens with zero attached hydrogens (tertiary/aromatic N) is 1. The molecule has 0 aromatic heterocycles. The van der Waals surface area contributed by atoms with Crippen LogP contribution in [-0.2, 0) is 14.3 Å². The highest BCUT2D eigenvalue weighted by molar-refractivity contribution is 5.95. The second-order valence-electron chi connectivity index (χ2n) is 6.70. The topological polar surface area (TPSA) is 55.4 Å². The van der Waals surface area contributed by atoms with Crippen molar-refractivity contribution in [3.05, 3.63) is 29.3 Å². The molecule has 5 nitrogen and oxygen atoms in total. The van der Waals surface area contributed by atoms with Crippen LogP contribution in [0.3, 0.4) is 0 Å². The van der Waals surface area contributed by atoms with Crippen LogP contribution in [0, 0.1) is 13.8 Å². The van der Waals surface area contributed by atoms with Gasteiger partial charge >= 0.3 is 5.97 Å². The van der Waals surface area contributed by atoms with Gasteiger partial charge in [-0.1, -0.05) is 18.2 Å². The maximum Gasteiger partial charge on any atom is 0.361 e. The molecule has 1 fully saturated rings. The van der Waals surface area contributed by atoms with Crippen LogP contribution < -0.4 is 5.32 Å². The minimum Gasteiger partial charge on any atom is -0.465 e. The molecule has 1 saturated heterocycles. The van der Waals surface area contributed by atoms with Crippen molar-refractivity contribution in [1.82, 2.24) is 0 Å². The van der Waals surface area contributed by atoms with Crippen LogP contribution in [0.4, 0.5) is 5.69 Å². The summed E-state index contributed by atoms with van der Waals surface area (Å²) in [5.41, 5.74) is 2.99. The first-order valence-corrected chi connectivity index (χ1v) is 8.15. The first kappa shape index (κ1) is 17.5. The highest BCUT2D eigenvalue weighted by Crippen LogP contribution is 2.27. The number of esters is 1. The fourth-order valence-corrected chi connectivity index (χ4v) is 3.46. The summed E-state index contributed by atoms with van der Waals surface area (Å²) in [4.78, 5) is 24.6. The van der Waals surface area contributed by atoms with E-state index >= 15 is 0 Å². The van der Waals surface area contributed by atoms with Crippen LogP contribution in [0.25, 0.3) is 0 Å². The normalized spacial score (nSPS) is 24.1. The fourth-order valence-electron chi connectivity index (χ4n) is 3.46. The minimum absolute atomic E-state index is 0.00602. The highest BCUT2D eigenvalue weighted by Gasteiger charge is 2.42. The van der Waals surface area contributed by atoms with Gasteiger partial charge in [-0.15, -0.1) is 0 Å². The van der Waals surface area contributed by atoms with E-state index in [9.17, 15) is 9.59 Å². The quantitative estimate of drug-likeness (QED) is 0.685. The lowest BCUT2D eigenvalue weighted by atomic mass is 9.97. The van der Waals surface area contributed by atoms with Crippen molar-refractivity contribution >= 4 is 17.6 Å². The molecule has 1 heterocycles. The number of benzene rings is 1. The molecule has 1 N–H and O–H groups in total. The number of carbonyl (C=O) groups is 2. The number of piperidine rings is 1. The molecule has 1 aliphatic rings. The molecular formula is C18H27N2O3+. The number of likely N-dealkylation sites (N-methyl/N-ethyl adjacent to an activating group) is 1. The van der Waals surface area contributed by atoms with Gasteiger partial charge in [0.1, 0.15) is 0 Å². The van der Waals surface area contributed by atoms with Crippen molar-refractivity contribution in [2.45, 2.75) is 39.2 Å². The summed E-state index contributed by atoms with van der Waals surface area (Å²) >= 11 is 0. The molecule has 1 unspecified atom stereocenters. The van der Waals surface area contributed by atoms with Crippen molar-refractivity contribution in [3.8, 4) is 0 Å². The largest absolute Gasteiger partial charge is 0.465 e. The van der Waals surface area contributed by atoms with E-state index in [2.05, 4.69) is 5.32 Å². The van der Waals surface area contributed by atoms with Gasteiger partial charge in [-0.25, -0.2) is 4.79 Å². The van der Waals surface area contributed by atoms with Crippen molar-refractivity contribution < 1.29 is 18.8 Å². The van der Waals surface area contributed by atoms with Crippen molar-refractivity contribution in [2.24, 2.45) is 0 Å². The van der Waals surface area contributed by atoms with Crippen molar-refractivity contribution in [1.29, 1.82) is 0 Å². The standard InChI is InChI=1S/C18H26N2O3/c1-13-8-7-9-14(2)17(13)19-18(22)15-10-5-6-11-20(15,3)12-16(21)23-4/h7-9,15H,5-6,10-12H2,1-4H3/p+1/t15?,20-/m0/s1. The number of aryl methyl sites for hydroxylation is 2. The average Bonchev–Trinajstić information content (AvgIpc) is 2.50. The van der Waals surface area contributed by atoms with E-state index in [1.807, 2.05) is 39.1 Å². The van der Waals surface area contributed by atoms with Gasteiger partial charge < -0.3 is 14.5 Å². The Morgan fingerprint density at radius 1 is 1.26 bits per heavy atom. The van der Waals surface area contributed by atoms with Gasteiger partial charge in [-0.05, 0) is 37.8 Å².